The molecular weight excluding hydrogens is 256 g/mol. The van der Waals surface area contributed by atoms with E-state index in [1.807, 2.05) is 4.90 Å². The predicted molar refractivity (Wildman–Crippen MR) is 78.6 cm³/mol. The maximum Gasteiger partial charge on any atom is 0.303 e. The van der Waals surface area contributed by atoms with Gasteiger partial charge >= 0.3 is 5.97 Å². The minimum atomic E-state index is -0.826. The van der Waals surface area contributed by atoms with Gasteiger partial charge in [-0.1, -0.05) is 0 Å². The minimum absolute atomic E-state index is 0.0847. The number of hydrogen-bond acceptors (Lipinski definition) is 3. The van der Waals surface area contributed by atoms with Crippen molar-refractivity contribution in [1.82, 2.24) is 9.80 Å². The van der Waals surface area contributed by atoms with E-state index in [4.69, 9.17) is 5.11 Å². The van der Waals surface area contributed by atoms with Crippen LogP contribution in [0.25, 0.3) is 0 Å². The molecule has 1 rings (SSSR count). The summed E-state index contributed by atoms with van der Waals surface area (Å²) in [4.78, 5) is 26.6. The Balaban J connectivity index is 2.24. The van der Waals surface area contributed by atoms with Gasteiger partial charge in [-0.05, 0) is 46.1 Å². The van der Waals surface area contributed by atoms with Crippen molar-refractivity contribution in [3.63, 3.8) is 0 Å². The summed E-state index contributed by atoms with van der Waals surface area (Å²) in [5, 5.41) is 8.57. The summed E-state index contributed by atoms with van der Waals surface area (Å²) in [5.41, 5.74) is 0. The van der Waals surface area contributed by atoms with Crippen molar-refractivity contribution in [2.45, 2.75) is 52.0 Å². The highest BCUT2D eigenvalue weighted by molar-refractivity contribution is 5.77. The van der Waals surface area contributed by atoms with E-state index in [2.05, 4.69) is 25.8 Å². The average molecular weight is 284 g/mol. The van der Waals surface area contributed by atoms with Gasteiger partial charge in [0.25, 0.3) is 0 Å². The zero-order valence-electron chi connectivity index (χ0n) is 13.0. The first-order chi connectivity index (χ1) is 9.40. The summed E-state index contributed by atoms with van der Waals surface area (Å²) in [5.74, 6) is -0.0411. The monoisotopic (exact) mass is 284 g/mol. The molecule has 1 amide bonds. The molecule has 1 saturated heterocycles. The lowest BCUT2D eigenvalue weighted by Gasteiger charge is -2.35. The third kappa shape index (κ3) is 5.90. The molecule has 0 saturated carbocycles. The second-order valence-electron chi connectivity index (χ2n) is 6.10. The molecule has 0 bridgehead atoms. The van der Waals surface area contributed by atoms with Gasteiger partial charge in [0, 0.05) is 38.5 Å². The fourth-order valence-electron chi connectivity index (χ4n) is 2.53. The van der Waals surface area contributed by atoms with Crippen LogP contribution in [-0.4, -0.2) is 59.5 Å². The molecule has 20 heavy (non-hydrogen) atoms. The quantitative estimate of drug-likeness (QED) is 0.774. The Morgan fingerprint density at radius 3 is 2.35 bits per heavy atom. The summed E-state index contributed by atoms with van der Waals surface area (Å²) in [6, 6.07) is 0.561. The Kier molecular flexibility index (Phi) is 6.99. The number of piperidine rings is 1. The van der Waals surface area contributed by atoms with E-state index in [-0.39, 0.29) is 12.3 Å². The van der Waals surface area contributed by atoms with Gasteiger partial charge < -0.3 is 14.9 Å². The molecule has 1 fully saturated rings. The van der Waals surface area contributed by atoms with Gasteiger partial charge in [-0.25, -0.2) is 0 Å². The van der Waals surface area contributed by atoms with Crippen molar-refractivity contribution in [3.05, 3.63) is 0 Å². The van der Waals surface area contributed by atoms with Crippen LogP contribution in [0.2, 0.25) is 0 Å². The first-order valence-corrected chi connectivity index (χ1v) is 7.60. The highest BCUT2D eigenvalue weighted by atomic mass is 16.4. The fourth-order valence-corrected chi connectivity index (χ4v) is 2.53. The second-order valence-corrected chi connectivity index (χ2v) is 6.10. The van der Waals surface area contributed by atoms with Crippen molar-refractivity contribution in [2.24, 2.45) is 5.92 Å². The molecule has 5 nitrogen and oxygen atoms in total. The first-order valence-electron chi connectivity index (χ1n) is 7.60. The molecule has 1 aliphatic heterocycles. The van der Waals surface area contributed by atoms with Gasteiger partial charge in [-0.2, -0.15) is 0 Å². The Bertz CT molecular complexity index is 323. The number of carbonyl (C=O) groups excluding carboxylic acids is 1. The van der Waals surface area contributed by atoms with E-state index < -0.39 is 5.97 Å². The van der Waals surface area contributed by atoms with Gasteiger partial charge in [0.1, 0.15) is 0 Å². The van der Waals surface area contributed by atoms with Gasteiger partial charge in [-0.3, -0.25) is 9.59 Å². The molecule has 0 aromatic carbocycles. The lowest BCUT2D eigenvalue weighted by atomic mass is 9.95. The van der Waals surface area contributed by atoms with Crippen LogP contribution in [0, 0.1) is 5.92 Å². The van der Waals surface area contributed by atoms with Crippen LogP contribution in [0.1, 0.15) is 46.0 Å². The van der Waals surface area contributed by atoms with E-state index in [9.17, 15) is 9.59 Å². The van der Waals surface area contributed by atoms with E-state index in [0.717, 1.165) is 32.5 Å². The lowest BCUT2D eigenvalue weighted by molar-refractivity contribution is -0.137. The molecule has 0 atom stereocenters. The van der Waals surface area contributed by atoms with Crippen molar-refractivity contribution >= 4 is 11.9 Å². The molecule has 0 spiro atoms. The molecule has 116 valence electrons. The van der Waals surface area contributed by atoms with Crippen LogP contribution < -0.4 is 0 Å². The van der Waals surface area contributed by atoms with Crippen LogP contribution in [0.4, 0.5) is 0 Å². The number of aliphatic carboxylic acids is 1. The predicted octanol–water partition coefficient (Wildman–Crippen LogP) is 1.82. The minimum Gasteiger partial charge on any atom is -0.481 e. The Morgan fingerprint density at radius 1 is 1.25 bits per heavy atom. The van der Waals surface area contributed by atoms with Crippen LogP contribution in [0.15, 0.2) is 0 Å². The molecular formula is C15H28N2O3. The topological polar surface area (TPSA) is 60.9 Å². The number of carboxylic acid groups (broad SMARTS) is 1. The third-order valence-electron chi connectivity index (χ3n) is 4.18. The summed E-state index contributed by atoms with van der Waals surface area (Å²) < 4.78 is 0. The number of rotatable bonds is 7. The number of amides is 1. The van der Waals surface area contributed by atoms with E-state index >= 15 is 0 Å². The third-order valence-corrected chi connectivity index (χ3v) is 4.18. The van der Waals surface area contributed by atoms with Crippen molar-refractivity contribution < 1.29 is 14.7 Å². The van der Waals surface area contributed by atoms with Gasteiger partial charge in [0.2, 0.25) is 5.91 Å². The summed E-state index contributed by atoms with van der Waals surface area (Å²) in [6.07, 6.45) is 3.01. The number of carbonyl (C=O) groups is 2. The molecule has 5 heteroatoms. The molecule has 0 aliphatic carbocycles. The second kappa shape index (κ2) is 8.25. The Morgan fingerprint density at radius 2 is 1.85 bits per heavy atom. The number of nitrogens with zero attached hydrogens (tertiary/aromatic N) is 2. The zero-order chi connectivity index (χ0) is 15.1. The van der Waals surface area contributed by atoms with Crippen LogP contribution >= 0.6 is 0 Å². The SMILES string of the molecule is CC(C)N(C)CC1CCN(C(=O)CCCC(=O)O)CC1. The van der Waals surface area contributed by atoms with E-state index in [1.165, 1.54) is 0 Å². The summed E-state index contributed by atoms with van der Waals surface area (Å²) in [7, 11) is 2.15. The zero-order valence-corrected chi connectivity index (χ0v) is 13.0. The fraction of sp³-hybridized carbons (Fsp3) is 0.867. The molecule has 0 radical (unpaired) electrons. The first kappa shape index (κ1) is 17.0. The number of hydrogen-bond donors (Lipinski definition) is 1. The maximum absolute atomic E-state index is 11.9. The van der Waals surface area contributed by atoms with Crippen LogP contribution in [0.5, 0.6) is 0 Å². The molecule has 1 N–H and O–H groups in total. The average Bonchev–Trinajstić information content (AvgIpc) is 2.38. The molecule has 0 aromatic heterocycles. The standard InChI is InChI=1S/C15H28N2O3/c1-12(2)16(3)11-13-7-9-17(10-8-13)14(18)5-4-6-15(19)20/h12-13H,4-11H2,1-3H3,(H,19,20). The van der Waals surface area contributed by atoms with E-state index in [0.29, 0.717) is 24.8 Å². The molecule has 1 heterocycles. The van der Waals surface area contributed by atoms with Crippen molar-refractivity contribution in [2.75, 3.05) is 26.7 Å². The maximum atomic E-state index is 11.9. The van der Waals surface area contributed by atoms with E-state index in [1.54, 1.807) is 0 Å². The van der Waals surface area contributed by atoms with Crippen LogP contribution in [0.3, 0.4) is 0 Å². The molecule has 0 aromatic rings. The molecule has 0 unspecified atom stereocenters. The molecule has 1 aliphatic rings. The Labute approximate surface area is 121 Å². The smallest absolute Gasteiger partial charge is 0.303 e. The summed E-state index contributed by atoms with van der Waals surface area (Å²) in [6.45, 7) is 7.13. The van der Waals surface area contributed by atoms with Gasteiger partial charge in [0.15, 0.2) is 0 Å². The summed E-state index contributed by atoms with van der Waals surface area (Å²) >= 11 is 0. The normalized spacial score (nSPS) is 16.9. The number of likely N-dealkylation sites (tertiary alicyclic amines) is 1. The highest BCUT2D eigenvalue weighted by Gasteiger charge is 2.23. The highest BCUT2D eigenvalue weighted by Crippen LogP contribution is 2.19. The van der Waals surface area contributed by atoms with Crippen molar-refractivity contribution in [1.29, 1.82) is 0 Å². The Hall–Kier alpha value is -1.10. The number of carboxylic acids is 1. The van der Waals surface area contributed by atoms with Gasteiger partial charge in [-0.15, -0.1) is 0 Å². The largest absolute Gasteiger partial charge is 0.481 e. The lowest BCUT2D eigenvalue weighted by Crippen LogP contribution is -2.42. The van der Waals surface area contributed by atoms with Crippen molar-refractivity contribution in [3.8, 4) is 0 Å². The van der Waals surface area contributed by atoms with Gasteiger partial charge in [0.05, 0.1) is 0 Å². The van der Waals surface area contributed by atoms with Crippen LogP contribution in [-0.2, 0) is 9.59 Å².